The molecule has 1 amide bonds. The van der Waals surface area contributed by atoms with Crippen molar-refractivity contribution in [2.45, 2.75) is 32.7 Å². The van der Waals surface area contributed by atoms with Gasteiger partial charge in [-0.15, -0.1) is 0 Å². The number of nitrogens with zero attached hydrogens (tertiary/aromatic N) is 2. The number of amides is 1. The monoisotopic (exact) mass is 225 g/mol. The minimum atomic E-state index is -0.188. The van der Waals surface area contributed by atoms with Crippen LogP contribution in [0.5, 0.6) is 0 Å². The van der Waals surface area contributed by atoms with Gasteiger partial charge in [0.15, 0.2) is 0 Å². The van der Waals surface area contributed by atoms with Crippen LogP contribution in [-0.4, -0.2) is 33.4 Å². The highest BCUT2D eigenvalue weighted by molar-refractivity contribution is 5.92. The molecule has 0 spiro atoms. The number of carbonyl (C=O) groups excluding carboxylic acids is 1. The minimum absolute atomic E-state index is 0.0409. The average Bonchev–Trinajstić information content (AvgIpc) is 2.67. The molecule has 0 saturated heterocycles. The third-order valence-corrected chi connectivity index (χ3v) is 2.57. The number of carbonyl (C=O) groups is 1. The molecule has 0 aromatic carbocycles. The molecular weight excluding hydrogens is 206 g/mol. The van der Waals surface area contributed by atoms with Gasteiger partial charge in [0.1, 0.15) is 5.69 Å². The van der Waals surface area contributed by atoms with Gasteiger partial charge in [0, 0.05) is 7.05 Å². The number of hydrogen-bond donors (Lipinski definition) is 2. The van der Waals surface area contributed by atoms with Crippen LogP contribution in [0.4, 0.5) is 0 Å². The number of rotatable bonds is 5. The zero-order valence-electron chi connectivity index (χ0n) is 10.0. The molecule has 2 N–H and O–H groups in total. The van der Waals surface area contributed by atoms with Crippen LogP contribution in [0, 0.1) is 0 Å². The van der Waals surface area contributed by atoms with Crippen molar-refractivity contribution in [2.24, 2.45) is 7.05 Å². The van der Waals surface area contributed by atoms with Crippen LogP contribution < -0.4 is 5.32 Å². The lowest BCUT2D eigenvalue weighted by molar-refractivity contribution is 0.0905. The molecule has 90 valence electrons. The Balaban J connectivity index is 2.75. The van der Waals surface area contributed by atoms with Crippen molar-refractivity contribution >= 4 is 5.91 Å². The highest BCUT2D eigenvalue weighted by Crippen LogP contribution is 2.04. The Hall–Kier alpha value is -1.36. The maximum atomic E-state index is 11.8. The van der Waals surface area contributed by atoms with Crippen LogP contribution in [0.25, 0.3) is 0 Å². The molecule has 1 atom stereocenters. The van der Waals surface area contributed by atoms with Gasteiger partial charge in [-0.25, -0.2) is 0 Å². The van der Waals surface area contributed by atoms with E-state index in [1.54, 1.807) is 17.8 Å². The van der Waals surface area contributed by atoms with Crippen molar-refractivity contribution in [3.8, 4) is 0 Å². The first-order chi connectivity index (χ1) is 7.62. The summed E-state index contributed by atoms with van der Waals surface area (Å²) in [6.45, 7) is 3.87. The normalized spacial score (nSPS) is 12.5. The van der Waals surface area contributed by atoms with E-state index in [1.807, 2.05) is 13.8 Å². The highest BCUT2D eigenvalue weighted by Gasteiger charge is 2.15. The van der Waals surface area contributed by atoms with Crippen LogP contribution in [0.3, 0.4) is 0 Å². The topological polar surface area (TPSA) is 67.2 Å². The van der Waals surface area contributed by atoms with E-state index in [2.05, 4.69) is 10.4 Å². The summed E-state index contributed by atoms with van der Waals surface area (Å²) in [4.78, 5) is 11.8. The van der Waals surface area contributed by atoms with E-state index in [1.165, 1.54) is 0 Å². The average molecular weight is 225 g/mol. The number of aliphatic hydroxyl groups is 1. The SMILES string of the molecule is CCc1cc(C(=O)N[C@H](CC)CO)n(C)n1. The third-order valence-electron chi connectivity index (χ3n) is 2.57. The lowest BCUT2D eigenvalue weighted by Gasteiger charge is -2.13. The van der Waals surface area contributed by atoms with E-state index in [4.69, 9.17) is 5.11 Å². The molecule has 0 aliphatic carbocycles. The Labute approximate surface area is 95.5 Å². The maximum absolute atomic E-state index is 11.8. The smallest absolute Gasteiger partial charge is 0.269 e. The van der Waals surface area contributed by atoms with Crippen LogP contribution in [0.2, 0.25) is 0 Å². The lowest BCUT2D eigenvalue weighted by Crippen LogP contribution is -2.37. The zero-order valence-corrected chi connectivity index (χ0v) is 10.0. The van der Waals surface area contributed by atoms with Crippen LogP contribution >= 0.6 is 0 Å². The zero-order chi connectivity index (χ0) is 12.1. The Morgan fingerprint density at radius 1 is 1.62 bits per heavy atom. The van der Waals surface area contributed by atoms with Gasteiger partial charge in [0.2, 0.25) is 0 Å². The van der Waals surface area contributed by atoms with Gasteiger partial charge in [0.25, 0.3) is 5.91 Å². The summed E-state index contributed by atoms with van der Waals surface area (Å²) in [7, 11) is 1.74. The van der Waals surface area contributed by atoms with E-state index < -0.39 is 0 Å². The van der Waals surface area contributed by atoms with Crippen molar-refractivity contribution in [3.05, 3.63) is 17.5 Å². The fourth-order valence-electron chi connectivity index (χ4n) is 1.45. The second kappa shape index (κ2) is 5.65. The van der Waals surface area contributed by atoms with Gasteiger partial charge in [-0.05, 0) is 18.9 Å². The van der Waals surface area contributed by atoms with Crippen molar-refractivity contribution in [3.63, 3.8) is 0 Å². The molecule has 0 fully saturated rings. The summed E-state index contributed by atoms with van der Waals surface area (Å²) < 4.78 is 1.57. The molecule has 0 aliphatic rings. The largest absolute Gasteiger partial charge is 0.394 e. The quantitative estimate of drug-likeness (QED) is 0.766. The summed E-state index contributed by atoms with van der Waals surface area (Å²) in [5, 5.41) is 16.0. The van der Waals surface area contributed by atoms with Crippen LogP contribution in [0.1, 0.15) is 36.5 Å². The van der Waals surface area contributed by atoms with Gasteiger partial charge in [0.05, 0.1) is 18.3 Å². The minimum Gasteiger partial charge on any atom is -0.394 e. The molecule has 5 heteroatoms. The lowest BCUT2D eigenvalue weighted by atomic mass is 10.2. The van der Waals surface area contributed by atoms with Crippen molar-refractivity contribution in [1.82, 2.24) is 15.1 Å². The van der Waals surface area contributed by atoms with Gasteiger partial charge in [-0.3, -0.25) is 9.48 Å². The van der Waals surface area contributed by atoms with Crippen LogP contribution in [-0.2, 0) is 13.5 Å². The Morgan fingerprint density at radius 3 is 2.75 bits per heavy atom. The maximum Gasteiger partial charge on any atom is 0.269 e. The molecule has 16 heavy (non-hydrogen) atoms. The molecular formula is C11H19N3O2. The summed E-state index contributed by atoms with van der Waals surface area (Å²) in [6.07, 6.45) is 1.51. The van der Waals surface area contributed by atoms with Crippen LogP contribution in [0.15, 0.2) is 6.07 Å². The van der Waals surface area contributed by atoms with E-state index in [0.29, 0.717) is 12.1 Å². The van der Waals surface area contributed by atoms with Gasteiger partial charge < -0.3 is 10.4 Å². The predicted molar refractivity (Wildman–Crippen MR) is 61.2 cm³/mol. The standard InChI is InChI=1S/C11H19N3O2/c1-4-8-6-10(14(3)13-8)11(16)12-9(5-2)7-15/h6,9,15H,4-5,7H2,1-3H3,(H,12,16)/t9-/m1/s1. The van der Waals surface area contributed by atoms with E-state index in [-0.39, 0.29) is 18.6 Å². The molecule has 1 aromatic heterocycles. The van der Waals surface area contributed by atoms with Gasteiger partial charge in [-0.2, -0.15) is 5.10 Å². The summed E-state index contributed by atoms with van der Waals surface area (Å²) in [5.41, 5.74) is 1.42. The molecule has 0 bridgehead atoms. The molecule has 0 unspecified atom stereocenters. The number of hydrogen-bond acceptors (Lipinski definition) is 3. The fraction of sp³-hybridized carbons (Fsp3) is 0.636. The Morgan fingerprint density at radius 2 is 2.31 bits per heavy atom. The Kier molecular flexibility index (Phi) is 4.49. The summed E-state index contributed by atoms with van der Waals surface area (Å²) in [6, 6.07) is 1.59. The first-order valence-corrected chi connectivity index (χ1v) is 5.57. The molecule has 1 heterocycles. The molecule has 0 saturated carbocycles. The first kappa shape index (κ1) is 12.7. The molecule has 5 nitrogen and oxygen atoms in total. The number of aryl methyl sites for hydroxylation is 2. The second-order valence-electron chi connectivity index (χ2n) is 3.76. The molecule has 0 radical (unpaired) electrons. The summed E-state index contributed by atoms with van der Waals surface area (Å²) in [5.74, 6) is -0.185. The number of nitrogens with one attached hydrogen (secondary N) is 1. The van der Waals surface area contributed by atoms with E-state index in [0.717, 1.165) is 12.1 Å². The van der Waals surface area contributed by atoms with Crippen molar-refractivity contribution in [1.29, 1.82) is 0 Å². The number of aromatic nitrogens is 2. The second-order valence-corrected chi connectivity index (χ2v) is 3.76. The number of aliphatic hydroxyl groups excluding tert-OH is 1. The predicted octanol–water partition coefficient (Wildman–Crippen LogP) is 0.483. The van der Waals surface area contributed by atoms with E-state index >= 15 is 0 Å². The van der Waals surface area contributed by atoms with Gasteiger partial charge >= 0.3 is 0 Å². The van der Waals surface area contributed by atoms with Crippen molar-refractivity contribution in [2.75, 3.05) is 6.61 Å². The van der Waals surface area contributed by atoms with Crippen molar-refractivity contribution < 1.29 is 9.90 Å². The molecule has 1 aromatic rings. The third kappa shape index (κ3) is 2.82. The van der Waals surface area contributed by atoms with Gasteiger partial charge in [-0.1, -0.05) is 13.8 Å². The Bertz CT molecular complexity index is 356. The molecule has 0 aliphatic heterocycles. The fourth-order valence-corrected chi connectivity index (χ4v) is 1.45. The summed E-state index contributed by atoms with van der Waals surface area (Å²) >= 11 is 0. The van der Waals surface area contributed by atoms with E-state index in [9.17, 15) is 4.79 Å². The highest BCUT2D eigenvalue weighted by atomic mass is 16.3. The molecule has 1 rings (SSSR count). The first-order valence-electron chi connectivity index (χ1n) is 5.57.